The second kappa shape index (κ2) is 13.3. The van der Waals surface area contributed by atoms with Crippen molar-refractivity contribution in [2.24, 2.45) is 0 Å². The molecule has 0 unspecified atom stereocenters. The van der Waals surface area contributed by atoms with Gasteiger partial charge in [0.1, 0.15) is 17.5 Å². The third kappa shape index (κ3) is 7.42. The van der Waals surface area contributed by atoms with Crippen molar-refractivity contribution in [2.45, 2.75) is 63.4 Å². The fourth-order valence-corrected chi connectivity index (χ4v) is 5.19. The van der Waals surface area contributed by atoms with Crippen LogP contribution in [0.2, 0.25) is 0 Å². The zero-order chi connectivity index (χ0) is 24.3. The lowest BCUT2D eigenvalue weighted by Crippen LogP contribution is -2.51. The standard InChI is InChI=1S/C27H36N2O4S/c1-4-25(27(31)28-22-9-5-6-10-22)29(17-21-8-7-11-24(16-21)33-3)26(30)19-34-18-20-12-14-23(32-2)15-13-20/h7-8,11-16,22,25H,4-6,9-10,17-19H2,1-3H3,(H,28,31)/t25-/m1/s1. The number of benzene rings is 2. The topological polar surface area (TPSA) is 67.9 Å². The molecule has 184 valence electrons. The number of thioether (sulfide) groups is 1. The molecule has 34 heavy (non-hydrogen) atoms. The summed E-state index contributed by atoms with van der Waals surface area (Å²) in [6.45, 7) is 2.34. The van der Waals surface area contributed by atoms with Gasteiger partial charge in [-0.2, -0.15) is 0 Å². The monoisotopic (exact) mass is 484 g/mol. The number of amides is 2. The first-order chi connectivity index (χ1) is 16.5. The second-order valence-corrected chi connectivity index (χ2v) is 9.61. The molecule has 1 atom stereocenters. The van der Waals surface area contributed by atoms with Gasteiger partial charge in [-0.1, -0.05) is 44.0 Å². The molecule has 0 bridgehead atoms. The summed E-state index contributed by atoms with van der Waals surface area (Å²) in [7, 11) is 3.27. The first-order valence-electron chi connectivity index (χ1n) is 12.0. The SMILES string of the molecule is CC[C@H](C(=O)NC1CCCC1)N(Cc1cccc(OC)c1)C(=O)CSCc1ccc(OC)cc1. The van der Waals surface area contributed by atoms with E-state index < -0.39 is 6.04 Å². The third-order valence-electron chi connectivity index (χ3n) is 6.23. The quantitative estimate of drug-likeness (QED) is 0.469. The molecule has 1 N–H and O–H groups in total. The Bertz CT molecular complexity index is 928. The summed E-state index contributed by atoms with van der Waals surface area (Å²) in [4.78, 5) is 28.3. The van der Waals surface area contributed by atoms with Crippen LogP contribution in [-0.4, -0.2) is 48.8 Å². The molecule has 3 rings (SSSR count). The largest absolute Gasteiger partial charge is 0.497 e. The Morgan fingerprint density at radius 1 is 1.03 bits per heavy atom. The van der Waals surface area contributed by atoms with Gasteiger partial charge in [-0.25, -0.2) is 0 Å². The Morgan fingerprint density at radius 2 is 1.74 bits per heavy atom. The molecule has 2 aromatic carbocycles. The van der Waals surface area contributed by atoms with E-state index in [0.717, 1.165) is 48.3 Å². The summed E-state index contributed by atoms with van der Waals surface area (Å²) >= 11 is 1.56. The number of carbonyl (C=O) groups is 2. The van der Waals surface area contributed by atoms with Crippen LogP contribution < -0.4 is 14.8 Å². The van der Waals surface area contributed by atoms with E-state index in [1.54, 1.807) is 30.9 Å². The molecule has 0 radical (unpaired) electrons. The summed E-state index contributed by atoms with van der Waals surface area (Å²) in [5.41, 5.74) is 2.07. The lowest BCUT2D eigenvalue weighted by atomic mass is 10.1. The average Bonchev–Trinajstić information content (AvgIpc) is 3.37. The van der Waals surface area contributed by atoms with Gasteiger partial charge in [0.25, 0.3) is 0 Å². The molecule has 7 heteroatoms. The van der Waals surface area contributed by atoms with E-state index in [0.29, 0.717) is 24.5 Å². The highest BCUT2D eigenvalue weighted by Gasteiger charge is 2.30. The lowest BCUT2D eigenvalue weighted by Gasteiger charge is -2.31. The highest BCUT2D eigenvalue weighted by molar-refractivity contribution is 7.99. The third-order valence-corrected chi connectivity index (χ3v) is 7.22. The van der Waals surface area contributed by atoms with Crippen molar-refractivity contribution in [3.63, 3.8) is 0 Å². The van der Waals surface area contributed by atoms with Crippen molar-refractivity contribution in [3.8, 4) is 11.5 Å². The van der Waals surface area contributed by atoms with E-state index in [2.05, 4.69) is 5.32 Å². The first-order valence-corrected chi connectivity index (χ1v) is 13.1. The van der Waals surface area contributed by atoms with Gasteiger partial charge in [-0.15, -0.1) is 11.8 Å². The molecular formula is C27H36N2O4S. The van der Waals surface area contributed by atoms with Crippen LogP contribution in [0, 0.1) is 0 Å². The molecule has 1 fully saturated rings. The molecule has 2 amide bonds. The highest BCUT2D eigenvalue weighted by atomic mass is 32.2. The maximum Gasteiger partial charge on any atom is 0.243 e. The second-order valence-electron chi connectivity index (χ2n) is 8.63. The zero-order valence-corrected chi connectivity index (χ0v) is 21.2. The summed E-state index contributed by atoms with van der Waals surface area (Å²) < 4.78 is 10.6. The van der Waals surface area contributed by atoms with Crippen LogP contribution in [-0.2, 0) is 21.9 Å². The van der Waals surface area contributed by atoms with Crippen LogP contribution in [0.15, 0.2) is 48.5 Å². The van der Waals surface area contributed by atoms with Crippen molar-refractivity contribution < 1.29 is 19.1 Å². The van der Waals surface area contributed by atoms with Crippen LogP contribution >= 0.6 is 11.8 Å². The molecule has 2 aromatic rings. The molecule has 1 aliphatic carbocycles. The minimum absolute atomic E-state index is 0.0326. The van der Waals surface area contributed by atoms with Gasteiger partial charge in [0.05, 0.1) is 20.0 Å². The number of rotatable bonds is 12. The van der Waals surface area contributed by atoms with Crippen molar-refractivity contribution in [1.29, 1.82) is 0 Å². The Balaban J connectivity index is 1.70. The van der Waals surface area contributed by atoms with Gasteiger partial charge in [-0.3, -0.25) is 9.59 Å². The summed E-state index contributed by atoms with van der Waals surface area (Å²) in [5, 5.41) is 3.19. The number of nitrogens with one attached hydrogen (secondary N) is 1. The predicted octanol–water partition coefficient (Wildman–Crippen LogP) is 4.80. The minimum Gasteiger partial charge on any atom is -0.497 e. The number of methoxy groups -OCH3 is 2. The van der Waals surface area contributed by atoms with Crippen LogP contribution in [0.25, 0.3) is 0 Å². The fourth-order valence-electron chi connectivity index (χ4n) is 4.32. The van der Waals surface area contributed by atoms with Gasteiger partial charge in [0.15, 0.2) is 0 Å². The summed E-state index contributed by atoms with van der Waals surface area (Å²) in [6, 6.07) is 15.3. The molecule has 0 aliphatic heterocycles. The number of ether oxygens (including phenoxy) is 2. The van der Waals surface area contributed by atoms with Crippen molar-refractivity contribution in [3.05, 3.63) is 59.7 Å². The maximum absolute atomic E-state index is 13.4. The number of hydrogen-bond acceptors (Lipinski definition) is 5. The number of nitrogens with zero attached hydrogens (tertiary/aromatic N) is 1. The van der Waals surface area contributed by atoms with E-state index in [1.165, 1.54) is 0 Å². The van der Waals surface area contributed by atoms with Crippen molar-refractivity contribution in [2.75, 3.05) is 20.0 Å². The Kier molecular flexibility index (Phi) is 10.1. The first kappa shape index (κ1) is 25.9. The summed E-state index contributed by atoms with van der Waals surface area (Å²) in [5.74, 6) is 2.49. The predicted molar refractivity (Wildman–Crippen MR) is 137 cm³/mol. The van der Waals surface area contributed by atoms with Crippen LogP contribution in [0.4, 0.5) is 0 Å². The molecule has 1 aliphatic rings. The van der Waals surface area contributed by atoms with Crippen molar-refractivity contribution >= 4 is 23.6 Å². The number of carbonyl (C=O) groups excluding carboxylic acids is 2. The summed E-state index contributed by atoms with van der Waals surface area (Å²) in [6.07, 6.45) is 4.90. The lowest BCUT2D eigenvalue weighted by molar-refractivity contribution is -0.139. The molecule has 6 nitrogen and oxygen atoms in total. The Hall–Kier alpha value is -2.67. The van der Waals surface area contributed by atoms with E-state index in [4.69, 9.17) is 9.47 Å². The van der Waals surface area contributed by atoms with E-state index >= 15 is 0 Å². The van der Waals surface area contributed by atoms with E-state index in [-0.39, 0.29) is 17.9 Å². The molecule has 0 spiro atoms. The molecule has 0 heterocycles. The van der Waals surface area contributed by atoms with Gasteiger partial charge >= 0.3 is 0 Å². The normalized spacial score (nSPS) is 14.4. The highest BCUT2D eigenvalue weighted by Crippen LogP contribution is 2.22. The molecule has 1 saturated carbocycles. The van der Waals surface area contributed by atoms with Crippen LogP contribution in [0.5, 0.6) is 11.5 Å². The zero-order valence-electron chi connectivity index (χ0n) is 20.4. The maximum atomic E-state index is 13.4. The van der Waals surface area contributed by atoms with Crippen LogP contribution in [0.1, 0.15) is 50.2 Å². The smallest absolute Gasteiger partial charge is 0.243 e. The van der Waals surface area contributed by atoms with Gasteiger partial charge in [0, 0.05) is 18.3 Å². The fraction of sp³-hybridized carbons (Fsp3) is 0.481. The Morgan fingerprint density at radius 3 is 2.38 bits per heavy atom. The molecule has 0 aromatic heterocycles. The van der Waals surface area contributed by atoms with Crippen LogP contribution in [0.3, 0.4) is 0 Å². The van der Waals surface area contributed by atoms with Crippen molar-refractivity contribution in [1.82, 2.24) is 10.2 Å². The van der Waals surface area contributed by atoms with Gasteiger partial charge < -0.3 is 19.7 Å². The molecular weight excluding hydrogens is 448 g/mol. The number of hydrogen-bond donors (Lipinski definition) is 1. The van der Waals surface area contributed by atoms with Gasteiger partial charge in [0.2, 0.25) is 11.8 Å². The van der Waals surface area contributed by atoms with E-state index in [9.17, 15) is 9.59 Å². The average molecular weight is 485 g/mol. The minimum atomic E-state index is -0.499. The van der Waals surface area contributed by atoms with E-state index in [1.807, 2.05) is 55.5 Å². The molecule has 0 saturated heterocycles. The Labute approximate surface area is 207 Å². The van der Waals surface area contributed by atoms with Gasteiger partial charge in [-0.05, 0) is 54.7 Å².